The molecule has 0 saturated heterocycles. The Morgan fingerprint density at radius 3 is 2.50 bits per heavy atom. The molecule has 76 valence electrons. The molecule has 3 nitrogen and oxygen atoms in total. The number of carboxylic acid groups (broad SMARTS) is 1. The highest BCUT2D eigenvalue weighted by atomic mass is 19.4. The first-order valence-electron chi connectivity index (χ1n) is 3.47. The van der Waals surface area contributed by atoms with Crippen molar-refractivity contribution >= 4 is 12.0 Å². The number of carbonyl (C=O) groups is 1. The van der Waals surface area contributed by atoms with Crippen molar-refractivity contribution in [2.45, 2.75) is 6.18 Å². The van der Waals surface area contributed by atoms with Crippen LogP contribution in [0.3, 0.4) is 0 Å². The van der Waals surface area contributed by atoms with Crippen LogP contribution in [-0.2, 0) is 11.0 Å². The van der Waals surface area contributed by atoms with Gasteiger partial charge in [-0.05, 0) is 18.2 Å². The van der Waals surface area contributed by atoms with Crippen LogP contribution in [-0.4, -0.2) is 11.1 Å². The first kappa shape index (κ1) is 10.4. The maximum atomic E-state index is 12.0. The van der Waals surface area contributed by atoms with E-state index in [0.717, 1.165) is 18.2 Å². The molecule has 0 aliphatic carbocycles. The average Bonchev–Trinajstić information content (AvgIpc) is 2.47. The molecule has 0 spiro atoms. The van der Waals surface area contributed by atoms with Crippen LogP contribution in [0.1, 0.15) is 11.5 Å². The van der Waals surface area contributed by atoms with E-state index in [9.17, 15) is 18.0 Å². The van der Waals surface area contributed by atoms with Crippen molar-refractivity contribution in [2.75, 3.05) is 0 Å². The van der Waals surface area contributed by atoms with Gasteiger partial charge in [0.15, 0.2) is 0 Å². The van der Waals surface area contributed by atoms with Gasteiger partial charge in [-0.2, -0.15) is 13.2 Å². The van der Waals surface area contributed by atoms with Gasteiger partial charge in [-0.1, -0.05) is 0 Å². The molecule has 1 heterocycles. The van der Waals surface area contributed by atoms with Crippen molar-refractivity contribution in [2.24, 2.45) is 0 Å². The van der Waals surface area contributed by atoms with Crippen molar-refractivity contribution in [3.05, 3.63) is 29.7 Å². The topological polar surface area (TPSA) is 50.4 Å². The summed E-state index contributed by atoms with van der Waals surface area (Å²) in [5.74, 6) is -2.56. The normalized spacial score (nSPS) is 12.2. The van der Waals surface area contributed by atoms with Crippen LogP contribution in [0, 0.1) is 0 Å². The lowest BCUT2D eigenvalue weighted by Crippen LogP contribution is -2.01. The Labute approximate surface area is 76.4 Å². The Morgan fingerprint density at radius 1 is 1.43 bits per heavy atom. The molecule has 0 atom stereocenters. The first-order chi connectivity index (χ1) is 6.39. The molecule has 0 saturated carbocycles. The van der Waals surface area contributed by atoms with Gasteiger partial charge in [-0.15, -0.1) is 0 Å². The zero-order valence-electron chi connectivity index (χ0n) is 6.71. The summed E-state index contributed by atoms with van der Waals surface area (Å²) in [4.78, 5) is 10.0. The van der Waals surface area contributed by atoms with Gasteiger partial charge in [0.05, 0.1) is 0 Å². The highest BCUT2D eigenvalue weighted by Crippen LogP contribution is 2.30. The predicted octanol–water partition coefficient (Wildman–Crippen LogP) is 2.40. The molecule has 0 radical (unpaired) electrons. The molecule has 0 amide bonds. The molecule has 6 heteroatoms. The average molecular weight is 206 g/mol. The molecule has 0 aliphatic rings. The summed E-state index contributed by atoms with van der Waals surface area (Å²) in [7, 11) is 0. The van der Waals surface area contributed by atoms with Crippen LogP contribution in [0.15, 0.2) is 22.6 Å². The largest absolute Gasteiger partial charge is 0.478 e. The van der Waals surface area contributed by atoms with Crippen LogP contribution in [0.25, 0.3) is 6.08 Å². The zero-order valence-corrected chi connectivity index (χ0v) is 6.71. The van der Waals surface area contributed by atoms with Gasteiger partial charge in [0.2, 0.25) is 5.76 Å². The number of hydrogen-bond donors (Lipinski definition) is 1. The van der Waals surface area contributed by atoms with Crippen LogP contribution in [0.4, 0.5) is 13.2 Å². The molecule has 1 N–H and O–H groups in total. The van der Waals surface area contributed by atoms with Gasteiger partial charge in [-0.25, -0.2) is 4.79 Å². The maximum absolute atomic E-state index is 12.0. The summed E-state index contributed by atoms with van der Waals surface area (Å²) in [6, 6.07) is 1.78. The number of furan rings is 1. The summed E-state index contributed by atoms with van der Waals surface area (Å²) in [6.07, 6.45) is -2.91. The van der Waals surface area contributed by atoms with Crippen molar-refractivity contribution in [1.82, 2.24) is 0 Å². The van der Waals surface area contributed by atoms with Crippen molar-refractivity contribution in [3.8, 4) is 0 Å². The van der Waals surface area contributed by atoms with E-state index in [4.69, 9.17) is 5.11 Å². The number of carboxylic acids is 1. The Hall–Kier alpha value is -1.72. The molecular weight excluding hydrogens is 201 g/mol. The highest BCUT2D eigenvalue weighted by Gasteiger charge is 2.34. The molecule has 0 aromatic carbocycles. The SMILES string of the molecule is O=C(O)C=Cc1ccc(C(F)(F)F)o1. The van der Waals surface area contributed by atoms with Crippen LogP contribution in [0.5, 0.6) is 0 Å². The van der Waals surface area contributed by atoms with E-state index in [-0.39, 0.29) is 5.76 Å². The third-order valence-electron chi connectivity index (χ3n) is 1.30. The third kappa shape index (κ3) is 2.65. The molecule has 0 bridgehead atoms. The molecule has 0 unspecified atom stereocenters. The van der Waals surface area contributed by atoms with E-state index in [1.165, 1.54) is 0 Å². The molecular formula is C8H5F3O3. The number of hydrogen-bond acceptors (Lipinski definition) is 2. The first-order valence-corrected chi connectivity index (χ1v) is 3.47. The van der Waals surface area contributed by atoms with Crippen LogP contribution in [0.2, 0.25) is 0 Å². The second-order valence-electron chi connectivity index (χ2n) is 2.37. The van der Waals surface area contributed by atoms with Crippen molar-refractivity contribution < 1.29 is 27.5 Å². The van der Waals surface area contributed by atoms with E-state index < -0.39 is 17.9 Å². The summed E-state index contributed by atoms with van der Waals surface area (Å²) in [5.41, 5.74) is 0. The van der Waals surface area contributed by atoms with Crippen LogP contribution >= 0.6 is 0 Å². The van der Waals surface area contributed by atoms with Gasteiger partial charge in [0, 0.05) is 6.08 Å². The molecule has 0 fully saturated rings. The van der Waals surface area contributed by atoms with Gasteiger partial charge in [0.1, 0.15) is 5.76 Å². The molecule has 1 aromatic heterocycles. The standard InChI is InChI=1S/C8H5F3O3/c9-8(10,11)6-3-1-5(14-6)2-4-7(12)13/h1-4H,(H,12,13). The van der Waals surface area contributed by atoms with E-state index in [2.05, 4.69) is 4.42 Å². The van der Waals surface area contributed by atoms with E-state index in [1.54, 1.807) is 0 Å². The summed E-state index contributed by atoms with van der Waals surface area (Å²) >= 11 is 0. The molecule has 0 aliphatic heterocycles. The minimum atomic E-state index is -4.55. The third-order valence-corrected chi connectivity index (χ3v) is 1.30. The van der Waals surface area contributed by atoms with Crippen molar-refractivity contribution in [1.29, 1.82) is 0 Å². The number of aliphatic carboxylic acids is 1. The number of rotatable bonds is 2. The van der Waals surface area contributed by atoms with Gasteiger partial charge < -0.3 is 9.52 Å². The fourth-order valence-electron chi connectivity index (χ4n) is 0.748. The van der Waals surface area contributed by atoms with E-state index >= 15 is 0 Å². The monoisotopic (exact) mass is 206 g/mol. The predicted molar refractivity (Wildman–Crippen MR) is 40.4 cm³/mol. The van der Waals surface area contributed by atoms with Crippen molar-refractivity contribution in [3.63, 3.8) is 0 Å². The molecule has 14 heavy (non-hydrogen) atoms. The summed E-state index contributed by atoms with van der Waals surface area (Å²) in [6.45, 7) is 0. The summed E-state index contributed by atoms with van der Waals surface area (Å²) in [5, 5.41) is 8.19. The quantitative estimate of drug-likeness (QED) is 0.756. The molecule has 1 aromatic rings. The van der Waals surface area contributed by atoms with E-state index in [0.29, 0.717) is 6.08 Å². The van der Waals surface area contributed by atoms with Gasteiger partial charge in [-0.3, -0.25) is 0 Å². The Balaban J connectivity index is 2.84. The fraction of sp³-hybridized carbons (Fsp3) is 0.125. The molecule has 1 rings (SSSR count). The number of alkyl halides is 3. The highest BCUT2D eigenvalue weighted by molar-refractivity contribution is 5.84. The second kappa shape index (κ2) is 3.57. The Morgan fingerprint density at radius 2 is 2.07 bits per heavy atom. The lowest BCUT2D eigenvalue weighted by atomic mass is 10.4. The maximum Gasteiger partial charge on any atom is 0.449 e. The van der Waals surface area contributed by atoms with Crippen LogP contribution < -0.4 is 0 Å². The minimum Gasteiger partial charge on any atom is -0.478 e. The van der Waals surface area contributed by atoms with E-state index in [1.807, 2.05) is 0 Å². The fourth-order valence-corrected chi connectivity index (χ4v) is 0.748. The smallest absolute Gasteiger partial charge is 0.449 e. The van der Waals surface area contributed by atoms with Gasteiger partial charge in [0.25, 0.3) is 0 Å². The Bertz CT molecular complexity index is 362. The van der Waals surface area contributed by atoms with Gasteiger partial charge >= 0.3 is 12.1 Å². The minimum absolute atomic E-state index is 0.153. The number of halogens is 3. The summed E-state index contributed by atoms with van der Waals surface area (Å²) < 4.78 is 40.2. The Kier molecular flexibility index (Phi) is 2.64. The lowest BCUT2D eigenvalue weighted by molar-refractivity contribution is -0.153. The second-order valence-corrected chi connectivity index (χ2v) is 2.37. The zero-order chi connectivity index (χ0) is 10.8. The lowest BCUT2D eigenvalue weighted by Gasteiger charge is -1.99.